The number of amides is 2. The molecule has 1 aromatic carbocycles. The van der Waals surface area contributed by atoms with Gasteiger partial charge in [0.2, 0.25) is 0 Å². The van der Waals surface area contributed by atoms with Crippen molar-refractivity contribution >= 4 is 6.03 Å². The molecule has 3 N–H and O–H groups in total. The van der Waals surface area contributed by atoms with E-state index in [1.54, 1.807) is 0 Å². The maximum atomic E-state index is 12.3. The number of nitrogens with one attached hydrogen (secondary N) is 2. The van der Waals surface area contributed by atoms with Crippen molar-refractivity contribution in [2.24, 2.45) is 0 Å². The van der Waals surface area contributed by atoms with E-state index in [-0.39, 0.29) is 18.7 Å². The Kier molecular flexibility index (Phi) is 7.26. The molecule has 0 radical (unpaired) electrons. The van der Waals surface area contributed by atoms with E-state index in [0.717, 1.165) is 38.8 Å². The fourth-order valence-electron chi connectivity index (χ4n) is 3.63. The van der Waals surface area contributed by atoms with Gasteiger partial charge in [-0.25, -0.2) is 4.79 Å². The molecule has 2 rings (SSSR count). The molecule has 0 spiro atoms. The minimum atomic E-state index is -0.543. The van der Waals surface area contributed by atoms with Gasteiger partial charge < -0.3 is 15.7 Å². The van der Waals surface area contributed by atoms with Gasteiger partial charge in [-0.3, -0.25) is 4.90 Å². The predicted molar refractivity (Wildman–Crippen MR) is 101 cm³/mol. The van der Waals surface area contributed by atoms with Gasteiger partial charge >= 0.3 is 6.03 Å². The number of rotatable bonds is 7. The van der Waals surface area contributed by atoms with Crippen LogP contribution in [0.1, 0.15) is 52.0 Å². The second kappa shape index (κ2) is 9.20. The van der Waals surface area contributed by atoms with E-state index in [4.69, 9.17) is 0 Å². The summed E-state index contributed by atoms with van der Waals surface area (Å²) in [5, 5.41) is 15.6. The van der Waals surface area contributed by atoms with Crippen LogP contribution in [-0.2, 0) is 6.54 Å². The predicted octanol–water partition coefficient (Wildman–Crippen LogP) is 2.89. The number of hydrogen-bond donors (Lipinski definition) is 3. The average molecular weight is 348 g/mol. The van der Waals surface area contributed by atoms with Crippen LogP contribution in [0.4, 0.5) is 4.79 Å². The van der Waals surface area contributed by atoms with Crippen LogP contribution in [0, 0.1) is 0 Å². The lowest BCUT2D eigenvalue weighted by Crippen LogP contribution is -2.56. The highest BCUT2D eigenvalue weighted by Crippen LogP contribution is 2.20. The van der Waals surface area contributed by atoms with E-state index >= 15 is 0 Å². The first-order valence-electron chi connectivity index (χ1n) is 9.43. The summed E-state index contributed by atoms with van der Waals surface area (Å²) in [6.07, 6.45) is 3.59. The molecule has 1 heterocycles. The summed E-state index contributed by atoms with van der Waals surface area (Å²) in [6, 6.07) is 11.0. The van der Waals surface area contributed by atoms with E-state index in [2.05, 4.69) is 53.6 Å². The number of aliphatic hydroxyl groups excluding tert-OH is 1. The molecule has 2 amide bonds. The van der Waals surface area contributed by atoms with Crippen molar-refractivity contribution in [1.29, 1.82) is 0 Å². The first-order valence-corrected chi connectivity index (χ1v) is 9.43. The zero-order valence-corrected chi connectivity index (χ0v) is 15.8. The van der Waals surface area contributed by atoms with E-state index in [9.17, 15) is 9.90 Å². The zero-order valence-electron chi connectivity index (χ0n) is 15.8. The van der Waals surface area contributed by atoms with Crippen LogP contribution in [-0.4, -0.2) is 46.8 Å². The van der Waals surface area contributed by atoms with Crippen molar-refractivity contribution in [2.75, 3.05) is 13.2 Å². The van der Waals surface area contributed by atoms with Crippen molar-refractivity contribution < 1.29 is 9.90 Å². The van der Waals surface area contributed by atoms with Crippen LogP contribution in [0.2, 0.25) is 0 Å². The first kappa shape index (κ1) is 19.7. The van der Waals surface area contributed by atoms with Gasteiger partial charge in [0.25, 0.3) is 0 Å². The Balaban J connectivity index is 1.81. The van der Waals surface area contributed by atoms with Crippen LogP contribution >= 0.6 is 0 Å². The largest absolute Gasteiger partial charge is 0.394 e. The van der Waals surface area contributed by atoms with Crippen molar-refractivity contribution in [3.63, 3.8) is 0 Å². The molecule has 3 atom stereocenters. The quantitative estimate of drug-likeness (QED) is 0.711. The highest BCUT2D eigenvalue weighted by atomic mass is 16.3. The highest BCUT2D eigenvalue weighted by Gasteiger charge is 2.29. The molecule has 0 bridgehead atoms. The molecule has 5 nitrogen and oxygen atoms in total. The van der Waals surface area contributed by atoms with Crippen molar-refractivity contribution in [2.45, 2.75) is 70.6 Å². The molecule has 1 aliphatic heterocycles. The number of nitrogens with zero attached hydrogens (tertiary/aromatic N) is 1. The van der Waals surface area contributed by atoms with Gasteiger partial charge in [-0.15, -0.1) is 0 Å². The Bertz CT molecular complexity index is 537. The molecule has 1 aliphatic rings. The lowest BCUT2D eigenvalue weighted by molar-refractivity contribution is 0.126. The second-order valence-electron chi connectivity index (χ2n) is 7.59. The molecule has 3 unspecified atom stereocenters. The fourth-order valence-corrected chi connectivity index (χ4v) is 3.63. The third kappa shape index (κ3) is 6.01. The molecule has 25 heavy (non-hydrogen) atoms. The monoisotopic (exact) mass is 347 g/mol. The van der Waals surface area contributed by atoms with Crippen LogP contribution in [0.3, 0.4) is 0 Å². The summed E-state index contributed by atoms with van der Waals surface area (Å²) in [7, 11) is 0. The Morgan fingerprint density at radius 2 is 2.08 bits per heavy atom. The first-order chi connectivity index (χ1) is 12.0. The van der Waals surface area contributed by atoms with Crippen molar-refractivity contribution in [3.05, 3.63) is 35.9 Å². The molecule has 0 aliphatic carbocycles. The van der Waals surface area contributed by atoms with E-state index in [0.29, 0.717) is 6.04 Å². The molecule has 1 aromatic rings. The lowest BCUT2D eigenvalue weighted by atomic mass is 9.96. The SMILES string of the molecule is CCCC(C)(CO)NC(=O)NC1CCN(Cc2ccccc2)C(C)C1. The number of carbonyl (C=O) groups excluding carboxylic acids is 1. The van der Waals surface area contributed by atoms with Gasteiger partial charge in [-0.1, -0.05) is 43.7 Å². The molecule has 1 fully saturated rings. The standard InChI is InChI=1S/C20H33N3O2/c1-4-11-20(3,15-24)22-19(25)21-18-10-12-23(16(2)13-18)14-17-8-6-5-7-9-17/h5-9,16,18,24H,4,10-15H2,1-3H3,(H2,21,22,25). The van der Waals surface area contributed by atoms with Crippen molar-refractivity contribution in [1.82, 2.24) is 15.5 Å². The molecular formula is C20H33N3O2. The Labute approximate surface area is 151 Å². The molecule has 0 saturated carbocycles. The fraction of sp³-hybridized carbons (Fsp3) is 0.650. The second-order valence-corrected chi connectivity index (χ2v) is 7.59. The zero-order chi connectivity index (χ0) is 18.3. The number of urea groups is 1. The number of hydrogen-bond acceptors (Lipinski definition) is 3. The van der Waals surface area contributed by atoms with Crippen LogP contribution < -0.4 is 10.6 Å². The third-order valence-electron chi connectivity index (χ3n) is 5.14. The molecule has 140 valence electrons. The maximum absolute atomic E-state index is 12.3. The summed E-state index contributed by atoms with van der Waals surface area (Å²) in [5.41, 5.74) is 0.787. The summed E-state index contributed by atoms with van der Waals surface area (Å²) in [5.74, 6) is 0. The number of piperidine rings is 1. The smallest absolute Gasteiger partial charge is 0.315 e. The van der Waals surface area contributed by atoms with Gasteiger partial charge in [0.15, 0.2) is 0 Å². The number of likely N-dealkylation sites (tertiary alicyclic amines) is 1. The lowest BCUT2D eigenvalue weighted by Gasteiger charge is -2.38. The Morgan fingerprint density at radius 3 is 2.68 bits per heavy atom. The van der Waals surface area contributed by atoms with Gasteiger partial charge in [-0.2, -0.15) is 0 Å². The molecule has 5 heteroatoms. The third-order valence-corrected chi connectivity index (χ3v) is 5.14. The minimum absolute atomic E-state index is 0.0415. The normalized spacial score (nSPS) is 23.7. The summed E-state index contributed by atoms with van der Waals surface area (Å²) in [4.78, 5) is 14.8. The number of benzene rings is 1. The van der Waals surface area contributed by atoms with Gasteiger partial charge in [0.1, 0.15) is 0 Å². The van der Waals surface area contributed by atoms with E-state index in [1.807, 2.05) is 13.0 Å². The molecule has 1 saturated heterocycles. The topological polar surface area (TPSA) is 64.6 Å². The van der Waals surface area contributed by atoms with Gasteiger partial charge in [0.05, 0.1) is 12.1 Å². The summed E-state index contributed by atoms with van der Waals surface area (Å²) < 4.78 is 0. The maximum Gasteiger partial charge on any atom is 0.315 e. The molecular weight excluding hydrogens is 314 g/mol. The van der Waals surface area contributed by atoms with Gasteiger partial charge in [-0.05, 0) is 38.7 Å². The summed E-state index contributed by atoms with van der Waals surface area (Å²) >= 11 is 0. The summed E-state index contributed by atoms with van der Waals surface area (Å²) in [6.45, 7) is 8.07. The minimum Gasteiger partial charge on any atom is -0.394 e. The van der Waals surface area contributed by atoms with Crippen LogP contribution in [0.25, 0.3) is 0 Å². The van der Waals surface area contributed by atoms with Crippen molar-refractivity contribution in [3.8, 4) is 0 Å². The average Bonchev–Trinajstić information content (AvgIpc) is 2.58. The van der Waals surface area contributed by atoms with E-state index in [1.165, 1.54) is 5.56 Å². The van der Waals surface area contributed by atoms with Crippen LogP contribution in [0.15, 0.2) is 30.3 Å². The Hall–Kier alpha value is -1.59. The number of carbonyl (C=O) groups is 1. The van der Waals surface area contributed by atoms with E-state index < -0.39 is 5.54 Å². The number of aliphatic hydroxyl groups is 1. The van der Waals surface area contributed by atoms with Crippen LogP contribution in [0.5, 0.6) is 0 Å². The Morgan fingerprint density at radius 1 is 1.36 bits per heavy atom. The highest BCUT2D eigenvalue weighted by molar-refractivity contribution is 5.75. The molecule has 0 aromatic heterocycles. The van der Waals surface area contributed by atoms with Gasteiger partial charge in [0, 0.05) is 25.2 Å².